The standard InChI is InChI=1S/C22H21ClF2N4O5S/c1-22(21(31)32)10-34-7-6-29(22)9-13-14(20(30)33-2)17(11-3-4-12(24)16(25)15(11)23)28-18(27-13)19-26-5-8-35-19/h3-5,8,17H,6-7,9-10H2,1-2H3,(H,27,28)(H,31,32)/t17-,22+/m0/s1. The van der Waals surface area contributed by atoms with Crippen molar-refractivity contribution in [1.29, 1.82) is 0 Å². The second-order valence-electron chi connectivity index (χ2n) is 8.04. The molecule has 2 N–H and O–H groups in total. The minimum atomic E-state index is -1.38. The van der Waals surface area contributed by atoms with Crippen LogP contribution >= 0.6 is 22.9 Å². The van der Waals surface area contributed by atoms with Crippen molar-refractivity contribution in [2.24, 2.45) is 4.99 Å². The summed E-state index contributed by atoms with van der Waals surface area (Å²) in [4.78, 5) is 35.5. The second-order valence-corrected chi connectivity index (χ2v) is 9.32. The minimum absolute atomic E-state index is 0.0139. The highest BCUT2D eigenvalue weighted by Gasteiger charge is 2.44. The van der Waals surface area contributed by atoms with Crippen molar-refractivity contribution in [2.75, 3.05) is 33.4 Å². The molecule has 186 valence electrons. The third-order valence-electron chi connectivity index (χ3n) is 5.92. The number of aromatic nitrogens is 1. The molecule has 0 amide bonds. The molecule has 1 fully saturated rings. The summed E-state index contributed by atoms with van der Waals surface area (Å²) in [6.45, 7) is 1.99. The molecular weight excluding hydrogens is 506 g/mol. The largest absolute Gasteiger partial charge is 0.480 e. The molecule has 4 rings (SSSR count). The maximum absolute atomic E-state index is 14.4. The number of hydrogen-bond donors (Lipinski definition) is 2. The number of carboxylic acids is 1. The Morgan fingerprint density at radius 3 is 2.86 bits per heavy atom. The molecule has 0 unspecified atom stereocenters. The molecule has 2 aliphatic rings. The van der Waals surface area contributed by atoms with Crippen LogP contribution in [0.2, 0.25) is 5.02 Å². The Bertz CT molecular complexity index is 1220. The van der Waals surface area contributed by atoms with Gasteiger partial charge in [-0.15, -0.1) is 11.3 Å². The van der Waals surface area contributed by atoms with Crippen LogP contribution in [0.3, 0.4) is 0 Å². The highest BCUT2D eigenvalue weighted by atomic mass is 35.5. The number of carbonyl (C=O) groups is 2. The number of rotatable bonds is 6. The number of thiazole rings is 1. The van der Waals surface area contributed by atoms with Crippen molar-refractivity contribution >= 4 is 40.7 Å². The second kappa shape index (κ2) is 9.97. The van der Waals surface area contributed by atoms with Gasteiger partial charge in [0.1, 0.15) is 11.6 Å². The number of halogens is 3. The van der Waals surface area contributed by atoms with Gasteiger partial charge in [0.05, 0.1) is 30.9 Å². The van der Waals surface area contributed by atoms with Gasteiger partial charge in [0.15, 0.2) is 22.5 Å². The molecule has 3 heterocycles. The lowest BCUT2D eigenvalue weighted by Crippen LogP contribution is -2.61. The average molecular weight is 527 g/mol. The molecule has 1 saturated heterocycles. The van der Waals surface area contributed by atoms with Gasteiger partial charge in [-0.3, -0.25) is 14.7 Å². The maximum Gasteiger partial charge on any atom is 0.338 e. The smallest absolute Gasteiger partial charge is 0.338 e. The Kier molecular flexibility index (Phi) is 7.17. The molecule has 2 aromatic rings. The predicted molar refractivity (Wildman–Crippen MR) is 123 cm³/mol. The van der Waals surface area contributed by atoms with E-state index in [2.05, 4.69) is 15.3 Å². The van der Waals surface area contributed by atoms with Gasteiger partial charge in [0.25, 0.3) is 0 Å². The molecule has 0 radical (unpaired) electrons. The average Bonchev–Trinajstić information content (AvgIpc) is 3.38. The Morgan fingerprint density at radius 1 is 1.43 bits per heavy atom. The Hall–Kier alpha value is -2.93. The number of amidine groups is 1. The van der Waals surface area contributed by atoms with Gasteiger partial charge >= 0.3 is 11.9 Å². The number of carboxylic acid groups (broad SMARTS) is 1. The predicted octanol–water partition coefficient (Wildman–Crippen LogP) is 2.77. The summed E-state index contributed by atoms with van der Waals surface area (Å²) in [5.41, 5.74) is -1.07. The molecular formula is C22H21ClF2N4O5S. The van der Waals surface area contributed by atoms with Crippen LogP contribution in [0.15, 0.2) is 40.0 Å². The van der Waals surface area contributed by atoms with E-state index in [1.165, 1.54) is 31.4 Å². The summed E-state index contributed by atoms with van der Waals surface area (Å²) in [5.74, 6) is -4.04. The van der Waals surface area contributed by atoms with Crippen molar-refractivity contribution in [1.82, 2.24) is 15.2 Å². The Balaban J connectivity index is 1.88. The first-order chi connectivity index (χ1) is 16.7. The van der Waals surface area contributed by atoms with Crippen LogP contribution in [-0.2, 0) is 19.1 Å². The zero-order valence-electron chi connectivity index (χ0n) is 18.7. The number of esters is 1. The summed E-state index contributed by atoms with van der Waals surface area (Å²) in [5, 5.41) is 14.6. The number of benzene rings is 1. The molecule has 35 heavy (non-hydrogen) atoms. The molecule has 0 aliphatic carbocycles. The van der Waals surface area contributed by atoms with Crippen molar-refractivity contribution in [3.63, 3.8) is 0 Å². The molecule has 13 heteroatoms. The molecule has 2 aliphatic heterocycles. The van der Waals surface area contributed by atoms with Gasteiger partial charge in [0.2, 0.25) is 0 Å². The fourth-order valence-corrected chi connectivity index (χ4v) is 4.77. The first-order valence-electron chi connectivity index (χ1n) is 10.4. The maximum atomic E-state index is 14.4. The van der Waals surface area contributed by atoms with Gasteiger partial charge < -0.3 is 19.9 Å². The monoisotopic (exact) mass is 526 g/mol. The van der Waals surface area contributed by atoms with E-state index < -0.39 is 40.2 Å². The van der Waals surface area contributed by atoms with Gasteiger partial charge in [-0.2, -0.15) is 0 Å². The molecule has 0 saturated carbocycles. The normalized spacial score (nSPS) is 23.0. The number of nitrogens with one attached hydrogen (secondary N) is 1. The van der Waals surface area contributed by atoms with Gasteiger partial charge in [0, 0.05) is 35.9 Å². The van der Waals surface area contributed by atoms with Gasteiger partial charge in [-0.25, -0.2) is 18.6 Å². The van der Waals surface area contributed by atoms with Crippen LogP contribution in [0.25, 0.3) is 0 Å². The van der Waals surface area contributed by atoms with Crippen LogP contribution in [-0.4, -0.2) is 71.7 Å². The summed E-state index contributed by atoms with van der Waals surface area (Å²) in [7, 11) is 1.17. The van der Waals surface area contributed by atoms with E-state index in [-0.39, 0.29) is 49.0 Å². The minimum Gasteiger partial charge on any atom is -0.480 e. The topological polar surface area (TPSA) is 113 Å². The van der Waals surface area contributed by atoms with Gasteiger partial charge in [-0.1, -0.05) is 17.7 Å². The van der Waals surface area contributed by atoms with E-state index in [0.717, 1.165) is 6.07 Å². The van der Waals surface area contributed by atoms with Crippen LogP contribution in [0.4, 0.5) is 8.78 Å². The first kappa shape index (κ1) is 25.2. The van der Waals surface area contributed by atoms with E-state index in [1.807, 2.05) is 0 Å². The van der Waals surface area contributed by atoms with Crippen molar-refractivity contribution in [3.05, 3.63) is 62.2 Å². The number of methoxy groups -OCH3 is 1. The zero-order valence-corrected chi connectivity index (χ0v) is 20.3. The first-order valence-corrected chi connectivity index (χ1v) is 11.7. The molecule has 1 aromatic carbocycles. The zero-order chi connectivity index (χ0) is 25.3. The third-order valence-corrected chi connectivity index (χ3v) is 7.09. The van der Waals surface area contributed by atoms with Crippen LogP contribution in [0, 0.1) is 11.6 Å². The molecule has 9 nitrogen and oxygen atoms in total. The van der Waals surface area contributed by atoms with Crippen LogP contribution < -0.4 is 5.32 Å². The van der Waals surface area contributed by atoms with E-state index in [1.54, 1.807) is 16.5 Å². The summed E-state index contributed by atoms with van der Waals surface area (Å²) in [6, 6.07) is 0.975. The fourth-order valence-electron chi connectivity index (χ4n) is 3.92. The van der Waals surface area contributed by atoms with Crippen molar-refractivity contribution < 1.29 is 33.0 Å². The van der Waals surface area contributed by atoms with E-state index in [4.69, 9.17) is 21.1 Å². The lowest BCUT2D eigenvalue weighted by molar-refractivity contribution is -0.161. The van der Waals surface area contributed by atoms with Crippen LogP contribution in [0.1, 0.15) is 23.5 Å². The van der Waals surface area contributed by atoms with Crippen molar-refractivity contribution in [3.8, 4) is 0 Å². The number of aliphatic carboxylic acids is 1. The molecule has 0 bridgehead atoms. The highest BCUT2D eigenvalue weighted by molar-refractivity contribution is 7.11. The van der Waals surface area contributed by atoms with Crippen molar-refractivity contribution in [2.45, 2.75) is 18.5 Å². The van der Waals surface area contributed by atoms with E-state index >= 15 is 0 Å². The van der Waals surface area contributed by atoms with E-state index in [0.29, 0.717) is 5.01 Å². The molecule has 0 spiro atoms. The Labute approximate surface area is 208 Å². The van der Waals surface area contributed by atoms with Gasteiger partial charge in [-0.05, 0) is 13.0 Å². The summed E-state index contributed by atoms with van der Waals surface area (Å²) < 4.78 is 38.6. The number of hydrogen-bond acceptors (Lipinski definition) is 9. The molecule has 1 aromatic heterocycles. The summed E-state index contributed by atoms with van der Waals surface area (Å²) in [6.07, 6.45) is 1.56. The van der Waals surface area contributed by atoms with E-state index in [9.17, 15) is 23.5 Å². The quantitative estimate of drug-likeness (QED) is 0.436. The third kappa shape index (κ3) is 4.66. The Morgan fingerprint density at radius 2 is 2.20 bits per heavy atom. The number of nitrogens with zero attached hydrogens (tertiary/aromatic N) is 3. The highest BCUT2D eigenvalue weighted by Crippen LogP contribution is 2.38. The lowest BCUT2D eigenvalue weighted by atomic mass is 9.93. The number of ether oxygens (including phenoxy) is 2. The summed E-state index contributed by atoms with van der Waals surface area (Å²) >= 11 is 7.41. The number of aliphatic imine (C=N–C) groups is 1. The SMILES string of the molecule is COC(=O)C1=C(CN2CCOC[C@]2(C)C(=O)O)NC(c2nccs2)=N[C@H]1c1ccc(F)c(F)c1Cl. The lowest BCUT2D eigenvalue weighted by Gasteiger charge is -2.42. The number of carbonyl (C=O) groups excluding carboxylic acids is 1. The fraction of sp³-hybridized carbons (Fsp3) is 0.364. The number of morpholine rings is 1. The molecule has 2 atom stereocenters. The van der Waals surface area contributed by atoms with Crippen LogP contribution in [0.5, 0.6) is 0 Å².